The van der Waals surface area contributed by atoms with Gasteiger partial charge in [0.2, 0.25) is 5.78 Å². The number of carbonyl (C=O) groups excluding carboxylic acids is 2. The molecule has 0 saturated heterocycles. The fraction of sp³-hybridized carbons (Fsp3) is 0.379. The molecule has 1 aliphatic rings. The van der Waals surface area contributed by atoms with Crippen molar-refractivity contribution in [3.05, 3.63) is 88.5 Å². The largest absolute Gasteiger partial charge is 0.493 e. The number of nitrogens with one attached hydrogen (secondary N) is 1. The molecule has 1 aliphatic carbocycles. The highest BCUT2D eigenvalue weighted by Crippen LogP contribution is 2.32. The Morgan fingerprint density at radius 3 is 2.46 bits per heavy atom. The maximum absolute atomic E-state index is 13.2. The first-order valence-corrected chi connectivity index (χ1v) is 12.8. The van der Waals surface area contributed by atoms with E-state index in [1.807, 2.05) is 25.1 Å². The number of methoxy groups -OCH3 is 1. The summed E-state index contributed by atoms with van der Waals surface area (Å²) in [6.45, 7) is 7.77. The third-order valence-corrected chi connectivity index (χ3v) is 6.89. The number of ether oxygens (including phenoxy) is 3. The molecule has 3 rings (SSSR count). The van der Waals surface area contributed by atoms with E-state index in [0.29, 0.717) is 28.6 Å². The van der Waals surface area contributed by atoms with Gasteiger partial charge in [-0.3, -0.25) is 9.59 Å². The van der Waals surface area contributed by atoms with Gasteiger partial charge in [0.1, 0.15) is 17.6 Å². The molecule has 37 heavy (non-hydrogen) atoms. The van der Waals surface area contributed by atoms with Crippen molar-refractivity contribution < 1.29 is 23.8 Å². The Bertz CT molecular complexity index is 1140. The molecule has 0 amide bonds. The summed E-state index contributed by atoms with van der Waals surface area (Å²) in [7, 11) is 1.42. The van der Waals surface area contributed by atoms with E-state index >= 15 is 0 Å². The zero-order valence-electron chi connectivity index (χ0n) is 21.6. The summed E-state index contributed by atoms with van der Waals surface area (Å²) in [6.07, 6.45) is 3.45. The quantitative estimate of drug-likeness (QED) is 0.162. The third-order valence-electron chi connectivity index (χ3n) is 6.54. The number of esters is 1. The van der Waals surface area contributed by atoms with Crippen molar-refractivity contribution in [2.24, 2.45) is 17.6 Å². The maximum atomic E-state index is 13.2. The minimum Gasteiger partial charge on any atom is -0.493 e. The molecule has 1 fully saturated rings. The Morgan fingerprint density at radius 1 is 1.14 bits per heavy atom. The molecule has 3 atom stereocenters. The number of carbonyl (C=O) groups is 2. The van der Waals surface area contributed by atoms with Crippen LogP contribution in [0.4, 0.5) is 0 Å². The first kappa shape index (κ1) is 28.1. The van der Waals surface area contributed by atoms with Gasteiger partial charge >= 0.3 is 5.97 Å². The van der Waals surface area contributed by atoms with E-state index in [4.69, 9.17) is 31.5 Å². The second-order valence-electron chi connectivity index (χ2n) is 9.23. The molecule has 0 spiro atoms. The number of hydrogen-bond donors (Lipinski definition) is 2. The molecule has 3 N–H and O–H groups in total. The Morgan fingerprint density at radius 2 is 1.81 bits per heavy atom. The highest BCUT2D eigenvalue weighted by Gasteiger charge is 2.32. The van der Waals surface area contributed by atoms with Gasteiger partial charge in [0, 0.05) is 27.8 Å². The Labute approximate surface area is 223 Å². The van der Waals surface area contributed by atoms with Crippen molar-refractivity contribution in [1.82, 2.24) is 5.32 Å². The van der Waals surface area contributed by atoms with Crippen LogP contribution in [0.15, 0.2) is 72.4 Å². The summed E-state index contributed by atoms with van der Waals surface area (Å²) in [5.41, 5.74) is 7.71. The molecule has 2 aromatic rings. The average molecular weight is 527 g/mol. The van der Waals surface area contributed by atoms with Crippen LogP contribution in [0.5, 0.6) is 5.75 Å². The van der Waals surface area contributed by atoms with Crippen LogP contribution < -0.4 is 15.8 Å². The lowest BCUT2D eigenvalue weighted by molar-refractivity contribution is -0.149. The van der Waals surface area contributed by atoms with Gasteiger partial charge in [0.15, 0.2) is 5.88 Å². The van der Waals surface area contributed by atoms with Gasteiger partial charge in [-0.25, -0.2) is 0 Å². The molecule has 0 aromatic heterocycles. The number of Topliss-reactive ketones (excluding diaryl/α,β-unsaturated/α-hetero) is 1. The van der Waals surface area contributed by atoms with Gasteiger partial charge in [-0.1, -0.05) is 42.6 Å². The van der Waals surface area contributed by atoms with Gasteiger partial charge in [-0.2, -0.15) is 0 Å². The van der Waals surface area contributed by atoms with Gasteiger partial charge < -0.3 is 25.3 Å². The predicted octanol–water partition coefficient (Wildman–Crippen LogP) is 5.91. The number of benzene rings is 2. The maximum Gasteiger partial charge on any atom is 0.309 e. The second-order valence-corrected chi connectivity index (χ2v) is 9.63. The third kappa shape index (κ3) is 7.52. The molecule has 8 heteroatoms. The lowest BCUT2D eigenvalue weighted by Gasteiger charge is -2.29. The molecule has 2 aromatic carbocycles. The van der Waals surface area contributed by atoms with Crippen molar-refractivity contribution in [2.45, 2.75) is 45.6 Å². The Hall–Kier alpha value is -3.45. The summed E-state index contributed by atoms with van der Waals surface area (Å²) in [6, 6.07) is 14.2. The molecule has 0 aliphatic heterocycles. The molecule has 1 saturated carbocycles. The first-order valence-electron chi connectivity index (χ1n) is 12.4. The van der Waals surface area contributed by atoms with Crippen LogP contribution in [0.3, 0.4) is 0 Å². The number of nitrogens with two attached hydrogens (primary N) is 1. The van der Waals surface area contributed by atoms with E-state index in [-0.39, 0.29) is 41.3 Å². The first-order chi connectivity index (χ1) is 17.7. The van der Waals surface area contributed by atoms with Crippen LogP contribution in [0.2, 0.25) is 5.02 Å². The summed E-state index contributed by atoms with van der Waals surface area (Å²) in [5, 5.41) is 3.49. The van der Waals surface area contributed by atoms with Crippen LogP contribution in [0.25, 0.3) is 0 Å². The lowest BCUT2D eigenvalue weighted by atomic mass is 9.80. The smallest absolute Gasteiger partial charge is 0.309 e. The standard InChI is InChI=1S/C29H35ClN2O5/c1-18(31)27(32-20(3)37-19(2)24-10-7-8-12-26(24)30)28(33)21-13-15-23(16-14-21)36-17-22-9-5-6-11-25(22)29(34)35-4/h7-8,10,12-16,19,22,25,32H,3,5-6,9,11,17,31H2,1-2,4H3/b27-18+. The summed E-state index contributed by atoms with van der Waals surface area (Å²) < 4.78 is 16.8. The molecule has 0 heterocycles. The molecule has 198 valence electrons. The normalized spacial score (nSPS) is 18.7. The number of ketones is 1. The average Bonchev–Trinajstić information content (AvgIpc) is 2.90. The monoisotopic (exact) mass is 526 g/mol. The van der Waals surface area contributed by atoms with E-state index in [9.17, 15) is 9.59 Å². The van der Waals surface area contributed by atoms with Crippen LogP contribution in [-0.4, -0.2) is 25.5 Å². The van der Waals surface area contributed by atoms with Crippen LogP contribution in [0.1, 0.15) is 61.6 Å². The van der Waals surface area contributed by atoms with E-state index in [1.165, 1.54) is 7.11 Å². The van der Waals surface area contributed by atoms with Crippen molar-refractivity contribution in [2.75, 3.05) is 13.7 Å². The van der Waals surface area contributed by atoms with Crippen molar-refractivity contribution in [1.29, 1.82) is 0 Å². The summed E-state index contributed by atoms with van der Waals surface area (Å²) in [4.78, 5) is 25.3. The van der Waals surface area contributed by atoms with Gasteiger partial charge in [0.25, 0.3) is 0 Å². The van der Waals surface area contributed by atoms with E-state index in [2.05, 4.69) is 11.9 Å². The summed E-state index contributed by atoms with van der Waals surface area (Å²) in [5.74, 6) is 0.287. The lowest BCUT2D eigenvalue weighted by Crippen LogP contribution is -2.32. The molecule has 0 bridgehead atoms. The molecule has 0 radical (unpaired) electrons. The van der Waals surface area contributed by atoms with Gasteiger partial charge in [0.05, 0.1) is 19.6 Å². The molecule has 7 nitrogen and oxygen atoms in total. The van der Waals surface area contributed by atoms with Crippen LogP contribution >= 0.6 is 11.6 Å². The highest BCUT2D eigenvalue weighted by molar-refractivity contribution is 6.31. The Kier molecular flexibility index (Phi) is 10.0. The van der Waals surface area contributed by atoms with Crippen molar-refractivity contribution >= 4 is 23.4 Å². The van der Waals surface area contributed by atoms with Gasteiger partial charge in [-0.15, -0.1) is 0 Å². The van der Waals surface area contributed by atoms with E-state index < -0.39 is 0 Å². The molecular formula is C29H35ClN2O5. The topological polar surface area (TPSA) is 99.9 Å². The van der Waals surface area contributed by atoms with Crippen molar-refractivity contribution in [3.8, 4) is 5.75 Å². The zero-order chi connectivity index (χ0) is 26.9. The fourth-order valence-electron chi connectivity index (χ4n) is 4.50. The number of allylic oxidation sites excluding steroid dienone is 2. The minimum absolute atomic E-state index is 0.111. The minimum atomic E-state index is -0.387. The number of hydrogen-bond acceptors (Lipinski definition) is 7. The predicted molar refractivity (Wildman–Crippen MR) is 144 cm³/mol. The van der Waals surface area contributed by atoms with Crippen LogP contribution in [0, 0.1) is 11.8 Å². The number of halogens is 1. The molecule has 3 unspecified atom stereocenters. The van der Waals surface area contributed by atoms with Crippen LogP contribution in [-0.2, 0) is 14.3 Å². The SMILES string of the molecule is C=C(N/C(C(=O)c1ccc(OCC2CCCCC2C(=O)OC)cc1)=C(\C)N)OC(C)c1ccccc1Cl. The number of rotatable bonds is 11. The second kappa shape index (κ2) is 13.2. The van der Waals surface area contributed by atoms with E-state index in [1.54, 1.807) is 37.3 Å². The molecular weight excluding hydrogens is 492 g/mol. The van der Waals surface area contributed by atoms with E-state index in [0.717, 1.165) is 31.2 Å². The Balaban J connectivity index is 1.60. The zero-order valence-corrected chi connectivity index (χ0v) is 22.3. The summed E-state index contributed by atoms with van der Waals surface area (Å²) >= 11 is 6.25. The van der Waals surface area contributed by atoms with Crippen molar-refractivity contribution in [3.63, 3.8) is 0 Å². The van der Waals surface area contributed by atoms with Gasteiger partial charge in [-0.05, 0) is 63.6 Å². The fourth-order valence-corrected chi connectivity index (χ4v) is 4.79. The highest BCUT2D eigenvalue weighted by atomic mass is 35.5.